The van der Waals surface area contributed by atoms with Crippen LogP contribution in [0.2, 0.25) is 0 Å². The molecule has 1 rings (SSSR count). The van der Waals surface area contributed by atoms with Crippen molar-refractivity contribution in [1.29, 1.82) is 0 Å². The molecule has 0 aliphatic carbocycles. The van der Waals surface area contributed by atoms with E-state index in [-0.39, 0.29) is 6.54 Å². The fourth-order valence-corrected chi connectivity index (χ4v) is 1.09. The van der Waals surface area contributed by atoms with Crippen LogP contribution in [0, 0.1) is 0 Å². The molecule has 1 aromatic rings. The third kappa shape index (κ3) is 1.31. The summed E-state index contributed by atoms with van der Waals surface area (Å²) in [7, 11) is 0. The molecule has 0 fully saturated rings. The molecule has 1 heterocycles. The quantitative estimate of drug-likeness (QED) is 0.621. The van der Waals surface area contributed by atoms with Gasteiger partial charge in [-0.3, -0.25) is 0 Å². The first kappa shape index (κ1) is 7.59. The van der Waals surface area contributed by atoms with Crippen LogP contribution < -0.4 is 5.73 Å². The van der Waals surface area contributed by atoms with Gasteiger partial charge in [-0.1, -0.05) is 4.49 Å². The van der Waals surface area contributed by atoms with Gasteiger partial charge in [-0.25, -0.2) is 0 Å². The predicted molar refractivity (Wildman–Crippen MR) is 38.5 cm³/mol. The lowest BCUT2D eigenvalue weighted by molar-refractivity contribution is 0.0622. The van der Waals surface area contributed by atoms with Gasteiger partial charge in [-0.2, -0.15) is 0 Å². The van der Waals surface area contributed by atoms with Gasteiger partial charge in [-0.05, 0) is 18.5 Å². The molecule has 0 amide bonds. The molecule has 3 N–H and O–H groups in total. The minimum atomic E-state index is -1.02. The first-order chi connectivity index (χ1) is 4.67. The normalized spacial score (nSPS) is 16.7. The molecular weight excluding hydrogens is 150 g/mol. The SMILES string of the molecule is CC(O)(CN)c1csnn1. The molecule has 0 radical (unpaired) electrons. The summed E-state index contributed by atoms with van der Waals surface area (Å²) in [6.07, 6.45) is 0. The Bertz CT molecular complexity index is 197. The summed E-state index contributed by atoms with van der Waals surface area (Å²) in [6.45, 7) is 1.78. The molecule has 0 saturated carbocycles. The van der Waals surface area contributed by atoms with Crippen LogP contribution in [0.4, 0.5) is 0 Å². The highest BCUT2D eigenvalue weighted by Gasteiger charge is 2.23. The van der Waals surface area contributed by atoms with Crippen molar-refractivity contribution < 1.29 is 5.11 Å². The average Bonchev–Trinajstić information content (AvgIpc) is 2.38. The van der Waals surface area contributed by atoms with Gasteiger partial charge in [0.15, 0.2) is 0 Å². The first-order valence-electron chi connectivity index (χ1n) is 2.87. The molecule has 1 aromatic heterocycles. The zero-order chi connectivity index (χ0) is 7.61. The maximum atomic E-state index is 9.46. The van der Waals surface area contributed by atoms with E-state index in [2.05, 4.69) is 9.59 Å². The lowest BCUT2D eigenvalue weighted by atomic mass is 10.1. The molecule has 4 nitrogen and oxygen atoms in total. The van der Waals surface area contributed by atoms with Crippen LogP contribution in [-0.2, 0) is 5.60 Å². The summed E-state index contributed by atoms with van der Waals surface area (Å²) in [5.41, 5.74) is 4.81. The zero-order valence-corrected chi connectivity index (χ0v) is 6.43. The van der Waals surface area contributed by atoms with Crippen LogP contribution in [0.1, 0.15) is 12.6 Å². The van der Waals surface area contributed by atoms with Crippen molar-refractivity contribution in [1.82, 2.24) is 9.59 Å². The van der Waals surface area contributed by atoms with Crippen molar-refractivity contribution in [3.05, 3.63) is 11.1 Å². The van der Waals surface area contributed by atoms with Crippen LogP contribution in [0.15, 0.2) is 5.38 Å². The molecule has 5 heteroatoms. The van der Waals surface area contributed by atoms with Crippen molar-refractivity contribution in [3.8, 4) is 0 Å². The van der Waals surface area contributed by atoms with Crippen molar-refractivity contribution in [2.45, 2.75) is 12.5 Å². The molecular formula is C5H9N3OS. The maximum absolute atomic E-state index is 9.46. The minimum Gasteiger partial charge on any atom is -0.382 e. The van der Waals surface area contributed by atoms with E-state index >= 15 is 0 Å². The zero-order valence-electron chi connectivity index (χ0n) is 5.61. The van der Waals surface area contributed by atoms with Gasteiger partial charge in [0.1, 0.15) is 11.3 Å². The third-order valence-electron chi connectivity index (χ3n) is 1.31. The van der Waals surface area contributed by atoms with E-state index in [0.717, 1.165) is 0 Å². The topological polar surface area (TPSA) is 72.0 Å². The van der Waals surface area contributed by atoms with E-state index in [1.165, 1.54) is 11.5 Å². The highest BCUT2D eigenvalue weighted by Crippen LogP contribution is 2.16. The number of hydrogen-bond acceptors (Lipinski definition) is 5. The maximum Gasteiger partial charge on any atom is 0.119 e. The van der Waals surface area contributed by atoms with Gasteiger partial charge in [0.05, 0.1) is 0 Å². The van der Waals surface area contributed by atoms with Gasteiger partial charge in [0.25, 0.3) is 0 Å². The lowest BCUT2D eigenvalue weighted by Crippen LogP contribution is -2.31. The summed E-state index contributed by atoms with van der Waals surface area (Å²) in [6, 6.07) is 0. The smallest absolute Gasteiger partial charge is 0.119 e. The van der Waals surface area contributed by atoms with Gasteiger partial charge in [-0.15, -0.1) is 5.10 Å². The summed E-state index contributed by atoms with van der Waals surface area (Å²) in [5.74, 6) is 0. The van der Waals surface area contributed by atoms with E-state index in [4.69, 9.17) is 5.73 Å². The van der Waals surface area contributed by atoms with Crippen LogP contribution in [0.5, 0.6) is 0 Å². The molecule has 56 valence electrons. The Balaban J connectivity index is 2.85. The third-order valence-corrected chi connectivity index (χ3v) is 1.81. The van der Waals surface area contributed by atoms with Crippen LogP contribution in [-0.4, -0.2) is 21.2 Å². The molecule has 1 unspecified atom stereocenters. The van der Waals surface area contributed by atoms with Crippen LogP contribution in [0.25, 0.3) is 0 Å². The Morgan fingerprint density at radius 2 is 2.60 bits per heavy atom. The van der Waals surface area contributed by atoms with Crippen molar-refractivity contribution >= 4 is 11.5 Å². The summed E-state index contributed by atoms with van der Waals surface area (Å²) >= 11 is 1.21. The summed E-state index contributed by atoms with van der Waals surface area (Å²) in [4.78, 5) is 0. The monoisotopic (exact) mass is 159 g/mol. The van der Waals surface area contributed by atoms with Crippen molar-refractivity contribution in [2.75, 3.05) is 6.54 Å². The molecule has 0 spiro atoms. The molecule has 0 saturated heterocycles. The fraction of sp³-hybridized carbons (Fsp3) is 0.600. The van der Waals surface area contributed by atoms with Gasteiger partial charge < -0.3 is 10.8 Å². The number of aromatic nitrogens is 2. The molecule has 10 heavy (non-hydrogen) atoms. The number of rotatable bonds is 2. The fourth-order valence-electron chi connectivity index (χ4n) is 0.504. The predicted octanol–water partition coefficient (Wildman–Crippen LogP) is -0.296. The first-order valence-corrected chi connectivity index (χ1v) is 3.70. The number of nitrogens with two attached hydrogens (primary N) is 1. The van der Waals surface area contributed by atoms with Gasteiger partial charge in [0, 0.05) is 11.9 Å². The summed E-state index contributed by atoms with van der Waals surface area (Å²) in [5, 5.41) is 14.8. The molecule has 0 aliphatic rings. The van der Waals surface area contributed by atoms with Crippen LogP contribution >= 0.6 is 11.5 Å². The largest absolute Gasteiger partial charge is 0.382 e. The highest BCUT2D eigenvalue weighted by molar-refractivity contribution is 7.03. The van der Waals surface area contributed by atoms with Gasteiger partial charge >= 0.3 is 0 Å². The second-order valence-corrected chi connectivity index (χ2v) is 2.88. The molecule has 0 aromatic carbocycles. The minimum absolute atomic E-state index is 0.165. The Labute approximate surface area is 62.8 Å². The Morgan fingerprint density at radius 3 is 3.00 bits per heavy atom. The highest BCUT2D eigenvalue weighted by atomic mass is 32.1. The molecule has 0 bridgehead atoms. The number of nitrogens with zero attached hydrogens (tertiary/aromatic N) is 2. The van der Waals surface area contributed by atoms with Crippen molar-refractivity contribution in [2.24, 2.45) is 5.73 Å². The lowest BCUT2D eigenvalue weighted by Gasteiger charge is -2.16. The van der Waals surface area contributed by atoms with Gasteiger partial charge in [0.2, 0.25) is 0 Å². The average molecular weight is 159 g/mol. The standard InChI is InChI=1S/C5H9N3OS/c1-5(9,3-6)4-2-10-8-7-4/h2,9H,3,6H2,1H3. The van der Waals surface area contributed by atoms with E-state index in [1.807, 2.05) is 0 Å². The van der Waals surface area contributed by atoms with E-state index in [9.17, 15) is 5.11 Å². The van der Waals surface area contributed by atoms with Crippen LogP contribution in [0.3, 0.4) is 0 Å². The second-order valence-electron chi connectivity index (χ2n) is 2.27. The second kappa shape index (κ2) is 2.61. The molecule has 0 aliphatic heterocycles. The summed E-state index contributed by atoms with van der Waals surface area (Å²) < 4.78 is 3.61. The number of aliphatic hydroxyl groups is 1. The van der Waals surface area contributed by atoms with E-state index in [0.29, 0.717) is 5.69 Å². The van der Waals surface area contributed by atoms with Crippen molar-refractivity contribution in [3.63, 3.8) is 0 Å². The Hall–Kier alpha value is -0.520. The number of hydrogen-bond donors (Lipinski definition) is 2. The Morgan fingerprint density at radius 1 is 1.90 bits per heavy atom. The van der Waals surface area contributed by atoms with E-state index < -0.39 is 5.60 Å². The van der Waals surface area contributed by atoms with E-state index in [1.54, 1.807) is 12.3 Å². The Kier molecular flexibility index (Phi) is 1.98. The molecule has 1 atom stereocenters.